The average molecular weight is 276 g/mol. The minimum Gasteiger partial charge on any atom is -0.478 e. The molecule has 2 N–H and O–H groups in total. The predicted octanol–water partition coefficient (Wildman–Crippen LogP) is 2.49. The van der Waals surface area contributed by atoms with E-state index in [0.717, 1.165) is 31.8 Å². The van der Waals surface area contributed by atoms with Crippen LogP contribution in [0.15, 0.2) is 24.5 Å². The van der Waals surface area contributed by atoms with Crippen molar-refractivity contribution in [2.24, 2.45) is 0 Å². The molecule has 0 atom stereocenters. The van der Waals surface area contributed by atoms with Gasteiger partial charge in [-0.1, -0.05) is 26.2 Å². The van der Waals surface area contributed by atoms with Gasteiger partial charge in [-0.2, -0.15) is 0 Å². The Hall–Kier alpha value is -2.17. The Labute approximate surface area is 118 Å². The van der Waals surface area contributed by atoms with Crippen molar-refractivity contribution in [3.8, 4) is 0 Å². The van der Waals surface area contributed by atoms with Crippen LogP contribution in [0.4, 0.5) is 0 Å². The van der Waals surface area contributed by atoms with Gasteiger partial charge in [0.15, 0.2) is 0 Å². The molecule has 0 saturated carbocycles. The Bertz CT molecular complexity index is 484. The van der Waals surface area contributed by atoms with E-state index < -0.39 is 5.97 Å². The normalized spacial score (nSPS) is 10.7. The van der Waals surface area contributed by atoms with Crippen molar-refractivity contribution >= 4 is 18.0 Å². The Morgan fingerprint density at radius 3 is 2.85 bits per heavy atom. The second-order valence-corrected chi connectivity index (χ2v) is 4.45. The zero-order valence-electron chi connectivity index (χ0n) is 11.6. The third-order valence-corrected chi connectivity index (χ3v) is 2.82. The van der Waals surface area contributed by atoms with E-state index in [9.17, 15) is 9.59 Å². The molecular formula is C15H20N2O3. The van der Waals surface area contributed by atoms with Crippen LogP contribution in [0.25, 0.3) is 6.08 Å². The van der Waals surface area contributed by atoms with Crippen molar-refractivity contribution in [3.05, 3.63) is 35.7 Å². The second kappa shape index (κ2) is 8.85. The lowest BCUT2D eigenvalue weighted by atomic mass is 10.1. The molecule has 0 bridgehead atoms. The molecule has 0 radical (unpaired) electrons. The van der Waals surface area contributed by atoms with Crippen molar-refractivity contribution in [1.82, 2.24) is 10.3 Å². The van der Waals surface area contributed by atoms with Crippen molar-refractivity contribution < 1.29 is 14.7 Å². The number of nitrogens with zero attached hydrogens (tertiary/aromatic N) is 1. The smallest absolute Gasteiger partial charge is 0.328 e. The van der Waals surface area contributed by atoms with Gasteiger partial charge in [0.05, 0.1) is 0 Å². The molecule has 0 saturated heterocycles. The number of carboxylic acids is 1. The molecule has 5 nitrogen and oxygen atoms in total. The lowest BCUT2D eigenvalue weighted by Crippen LogP contribution is -2.25. The maximum absolute atomic E-state index is 12.0. The molecular weight excluding hydrogens is 256 g/mol. The summed E-state index contributed by atoms with van der Waals surface area (Å²) in [5.74, 6) is -1.26. The number of pyridine rings is 1. The Kier molecular flexibility index (Phi) is 7.03. The summed E-state index contributed by atoms with van der Waals surface area (Å²) in [5.41, 5.74) is 0.939. The lowest BCUT2D eigenvalue weighted by molar-refractivity contribution is -0.131. The van der Waals surface area contributed by atoms with Crippen LogP contribution in [0.3, 0.4) is 0 Å². The topological polar surface area (TPSA) is 79.3 Å². The zero-order chi connectivity index (χ0) is 14.8. The number of aromatic nitrogens is 1. The van der Waals surface area contributed by atoms with E-state index >= 15 is 0 Å². The molecule has 0 spiro atoms. The van der Waals surface area contributed by atoms with Gasteiger partial charge < -0.3 is 10.4 Å². The first-order valence-corrected chi connectivity index (χ1v) is 6.78. The summed E-state index contributed by atoms with van der Waals surface area (Å²) in [4.78, 5) is 26.4. The van der Waals surface area contributed by atoms with Gasteiger partial charge in [0.2, 0.25) is 0 Å². The molecule has 1 aromatic rings. The quantitative estimate of drug-likeness (QED) is 0.564. The number of carboxylic acid groups (broad SMARTS) is 1. The summed E-state index contributed by atoms with van der Waals surface area (Å²) >= 11 is 0. The molecule has 1 amide bonds. The fraction of sp³-hybridized carbons (Fsp3) is 0.400. The third kappa shape index (κ3) is 5.65. The molecule has 0 aromatic carbocycles. The first-order valence-electron chi connectivity index (χ1n) is 6.78. The number of carbonyl (C=O) groups is 2. The summed E-state index contributed by atoms with van der Waals surface area (Å²) in [5, 5.41) is 11.5. The standard InChI is InChI=1S/C15H20N2O3/c1-2-3-4-5-9-17-15(20)13-8-10-16-11-12(13)6-7-14(18)19/h6-8,10-11H,2-5,9H2,1H3,(H,17,20)(H,18,19). The summed E-state index contributed by atoms with van der Waals surface area (Å²) < 4.78 is 0. The van der Waals surface area contributed by atoms with Gasteiger partial charge in [0.1, 0.15) is 0 Å². The number of hydrogen-bond acceptors (Lipinski definition) is 3. The lowest BCUT2D eigenvalue weighted by Gasteiger charge is -2.07. The number of amides is 1. The van der Waals surface area contributed by atoms with E-state index in [2.05, 4.69) is 17.2 Å². The summed E-state index contributed by atoms with van der Waals surface area (Å²) in [6.07, 6.45) is 9.73. The van der Waals surface area contributed by atoms with E-state index in [0.29, 0.717) is 17.7 Å². The van der Waals surface area contributed by atoms with Crippen LogP contribution in [0.1, 0.15) is 48.5 Å². The summed E-state index contributed by atoms with van der Waals surface area (Å²) in [6, 6.07) is 1.59. The largest absolute Gasteiger partial charge is 0.478 e. The van der Waals surface area contributed by atoms with E-state index in [4.69, 9.17) is 5.11 Å². The van der Waals surface area contributed by atoms with Crippen LogP contribution in [-0.4, -0.2) is 28.5 Å². The minimum absolute atomic E-state index is 0.200. The van der Waals surface area contributed by atoms with Crippen LogP contribution >= 0.6 is 0 Å². The summed E-state index contributed by atoms with van der Waals surface area (Å²) in [6.45, 7) is 2.76. The van der Waals surface area contributed by atoms with Crippen LogP contribution in [0.5, 0.6) is 0 Å². The Morgan fingerprint density at radius 2 is 2.15 bits per heavy atom. The molecule has 1 rings (SSSR count). The zero-order valence-corrected chi connectivity index (χ0v) is 11.6. The molecule has 0 aliphatic carbocycles. The SMILES string of the molecule is CCCCCCNC(=O)c1ccncc1C=CC(=O)O. The molecule has 1 heterocycles. The fourth-order valence-electron chi connectivity index (χ4n) is 1.76. The molecule has 0 aliphatic heterocycles. The van der Waals surface area contributed by atoms with Crippen LogP contribution in [0, 0.1) is 0 Å². The first-order chi connectivity index (χ1) is 9.65. The van der Waals surface area contributed by atoms with Gasteiger partial charge in [-0.05, 0) is 18.6 Å². The number of carbonyl (C=O) groups excluding carboxylic acids is 1. The van der Waals surface area contributed by atoms with E-state index in [1.165, 1.54) is 18.5 Å². The predicted molar refractivity (Wildman–Crippen MR) is 77.4 cm³/mol. The second-order valence-electron chi connectivity index (χ2n) is 4.45. The number of aliphatic carboxylic acids is 1. The molecule has 5 heteroatoms. The van der Waals surface area contributed by atoms with E-state index in [1.807, 2.05) is 0 Å². The highest BCUT2D eigenvalue weighted by atomic mass is 16.4. The van der Waals surface area contributed by atoms with Gasteiger partial charge in [0, 0.05) is 36.1 Å². The molecule has 0 aliphatic rings. The number of nitrogens with one attached hydrogen (secondary N) is 1. The highest BCUT2D eigenvalue weighted by molar-refractivity contribution is 5.98. The molecule has 0 fully saturated rings. The van der Waals surface area contributed by atoms with Gasteiger partial charge in [-0.3, -0.25) is 9.78 Å². The number of unbranched alkanes of at least 4 members (excludes halogenated alkanes) is 3. The average Bonchev–Trinajstić information content (AvgIpc) is 2.45. The maximum Gasteiger partial charge on any atom is 0.328 e. The highest BCUT2D eigenvalue weighted by Crippen LogP contribution is 2.09. The number of hydrogen-bond donors (Lipinski definition) is 2. The number of rotatable bonds is 8. The Balaban J connectivity index is 2.61. The minimum atomic E-state index is -1.06. The van der Waals surface area contributed by atoms with E-state index in [1.54, 1.807) is 6.07 Å². The monoisotopic (exact) mass is 276 g/mol. The van der Waals surface area contributed by atoms with Crippen LogP contribution < -0.4 is 5.32 Å². The molecule has 1 aromatic heterocycles. The van der Waals surface area contributed by atoms with Crippen molar-refractivity contribution in [3.63, 3.8) is 0 Å². The van der Waals surface area contributed by atoms with Crippen molar-refractivity contribution in [1.29, 1.82) is 0 Å². The van der Waals surface area contributed by atoms with Crippen LogP contribution in [0.2, 0.25) is 0 Å². The van der Waals surface area contributed by atoms with Gasteiger partial charge in [-0.25, -0.2) is 4.79 Å². The molecule has 108 valence electrons. The Morgan fingerprint density at radius 1 is 1.35 bits per heavy atom. The van der Waals surface area contributed by atoms with Crippen molar-refractivity contribution in [2.45, 2.75) is 32.6 Å². The highest BCUT2D eigenvalue weighted by Gasteiger charge is 2.09. The maximum atomic E-state index is 12.0. The van der Waals surface area contributed by atoms with Crippen molar-refractivity contribution in [2.75, 3.05) is 6.54 Å². The summed E-state index contributed by atoms with van der Waals surface area (Å²) in [7, 11) is 0. The van der Waals surface area contributed by atoms with Crippen LogP contribution in [-0.2, 0) is 4.79 Å². The first kappa shape index (κ1) is 15.9. The molecule has 20 heavy (non-hydrogen) atoms. The third-order valence-electron chi connectivity index (χ3n) is 2.82. The van der Waals surface area contributed by atoms with Gasteiger partial charge in [-0.15, -0.1) is 0 Å². The fourth-order valence-corrected chi connectivity index (χ4v) is 1.76. The van der Waals surface area contributed by atoms with Gasteiger partial charge >= 0.3 is 5.97 Å². The van der Waals surface area contributed by atoms with E-state index in [-0.39, 0.29) is 5.91 Å². The van der Waals surface area contributed by atoms with Gasteiger partial charge in [0.25, 0.3) is 5.91 Å². The molecule has 0 unspecified atom stereocenters.